The Labute approximate surface area is 178 Å². The maximum absolute atomic E-state index is 14.0. The molecular weight excluding hydrogens is 410 g/mol. The molecule has 0 atom stereocenters. The van der Waals surface area contributed by atoms with E-state index in [1.165, 1.54) is 24.3 Å². The molecule has 1 N–H and O–H groups in total. The van der Waals surface area contributed by atoms with Gasteiger partial charge in [0.1, 0.15) is 29.0 Å². The zero-order chi connectivity index (χ0) is 21.4. The van der Waals surface area contributed by atoms with E-state index >= 15 is 0 Å². The fourth-order valence-corrected chi connectivity index (χ4v) is 3.65. The van der Waals surface area contributed by atoms with E-state index in [0.717, 1.165) is 5.56 Å². The van der Waals surface area contributed by atoms with Crippen LogP contribution in [0.2, 0.25) is 5.02 Å². The standard InChI is InChI=1S/C22H21ClF2N4O/c1-13(2)22(30)28-9-10-29-19(12-28)27-20(14-3-5-15(24)6-4-14)21(29)26-16-7-8-17(23)18(25)11-16/h3-8,11,13,26H,9-10,12H2,1-2H3. The first-order valence-electron chi connectivity index (χ1n) is 9.69. The molecule has 1 aromatic heterocycles. The minimum atomic E-state index is -0.530. The van der Waals surface area contributed by atoms with Crippen molar-refractivity contribution in [3.63, 3.8) is 0 Å². The first kappa shape index (κ1) is 20.3. The summed E-state index contributed by atoms with van der Waals surface area (Å²) in [5.74, 6) is 0.476. The summed E-state index contributed by atoms with van der Waals surface area (Å²) in [4.78, 5) is 19.0. The zero-order valence-corrected chi connectivity index (χ0v) is 17.4. The summed E-state index contributed by atoms with van der Waals surface area (Å²) in [7, 11) is 0. The molecule has 0 unspecified atom stereocenters. The maximum atomic E-state index is 14.0. The maximum Gasteiger partial charge on any atom is 0.225 e. The average Bonchev–Trinajstić information content (AvgIpc) is 3.08. The van der Waals surface area contributed by atoms with E-state index in [4.69, 9.17) is 16.6 Å². The van der Waals surface area contributed by atoms with Gasteiger partial charge in [-0.25, -0.2) is 13.8 Å². The highest BCUT2D eigenvalue weighted by Crippen LogP contribution is 2.34. The topological polar surface area (TPSA) is 50.2 Å². The van der Waals surface area contributed by atoms with E-state index in [1.807, 2.05) is 18.4 Å². The molecule has 3 aromatic rings. The molecule has 4 rings (SSSR count). The highest BCUT2D eigenvalue weighted by Gasteiger charge is 2.28. The average molecular weight is 431 g/mol. The van der Waals surface area contributed by atoms with Crippen molar-refractivity contribution >= 4 is 29.0 Å². The number of anilines is 2. The van der Waals surface area contributed by atoms with Crippen LogP contribution in [0.1, 0.15) is 19.7 Å². The van der Waals surface area contributed by atoms with Crippen LogP contribution in [0.4, 0.5) is 20.3 Å². The Morgan fingerprint density at radius 3 is 2.53 bits per heavy atom. The zero-order valence-electron chi connectivity index (χ0n) is 16.6. The van der Waals surface area contributed by atoms with Gasteiger partial charge in [-0.05, 0) is 42.5 Å². The van der Waals surface area contributed by atoms with Crippen LogP contribution in [0.3, 0.4) is 0 Å². The van der Waals surface area contributed by atoms with Crippen LogP contribution in [0.15, 0.2) is 42.5 Å². The lowest BCUT2D eigenvalue weighted by atomic mass is 10.1. The first-order valence-corrected chi connectivity index (χ1v) is 10.1. The minimum Gasteiger partial charge on any atom is -0.340 e. The van der Waals surface area contributed by atoms with Crippen LogP contribution in [0, 0.1) is 17.6 Å². The van der Waals surface area contributed by atoms with Crippen molar-refractivity contribution in [2.45, 2.75) is 26.9 Å². The number of hydrogen-bond acceptors (Lipinski definition) is 3. The van der Waals surface area contributed by atoms with E-state index in [9.17, 15) is 13.6 Å². The SMILES string of the molecule is CC(C)C(=O)N1CCn2c(nc(-c3ccc(F)cc3)c2Nc2ccc(Cl)c(F)c2)C1. The Morgan fingerprint density at radius 1 is 1.13 bits per heavy atom. The van der Waals surface area contributed by atoms with Crippen LogP contribution >= 0.6 is 11.6 Å². The highest BCUT2D eigenvalue weighted by atomic mass is 35.5. The van der Waals surface area contributed by atoms with Crippen molar-refractivity contribution in [1.29, 1.82) is 0 Å². The molecule has 2 heterocycles. The number of carbonyl (C=O) groups excluding carboxylic acids is 1. The van der Waals surface area contributed by atoms with Crippen LogP contribution in [0.25, 0.3) is 11.3 Å². The lowest BCUT2D eigenvalue weighted by Gasteiger charge is -2.30. The molecule has 1 amide bonds. The Balaban J connectivity index is 1.76. The van der Waals surface area contributed by atoms with Gasteiger partial charge in [-0.1, -0.05) is 25.4 Å². The Kier molecular flexibility index (Phi) is 5.47. The molecule has 30 heavy (non-hydrogen) atoms. The lowest BCUT2D eigenvalue weighted by molar-refractivity contribution is -0.136. The summed E-state index contributed by atoms with van der Waals surface area (Å²) < 4.78 is 29.4. The van der Waals surface area contributed by atoms with E-state index in [-0.39, 0.29) is 22.7 Å². The Morgan fingerprint density at radius 2 is 1.87 bits per heavy atom. The molecule has 1 aliphatic rings. The predicted molar refractivity (Wildman–Crippen MR) is 113 cm³/mol. The summed E-state index contributed by atoms with van der Waals surface area (Å²) in [6.07, 6.45) is 0. The molecule has 0 radical (unpaired) electrons. The summed E-state index contributed by atoms with van der Waals surface area (Å²) in [5, 5.41) is 3.27. The Hall–Kier alpha value is -2.93. The highest BCUT2D eigenvalue weighted by molar-refractivity contribution is 6.30. The second-order valence-corrected chi connectivity index (χ2v) is 7.96. The van der Waals surface area contributed by atoms with Gasteiger partial charge in [0.05, 0.1) is 11.6 Å². The number of amides is 1. The molecule has 0 saturated carbocycles. The van der Waals surface area contributed by atoms with E-state index in [0.29, 0.717) is 42.7 Å². The lowest BCUT2D eigenvalue weighted by Crippen LogP contribution is -2.40. The van der Waals surface area contributed by atoms with E-state index < -0.39 is 5.82 Å². The van der Waals surface area contributed by atoms with E-state index in [1.54, 1.807) is 23.1 Å². The van der Waals surface area contributed by atoms with Gasteiger partial charge in [0, 0.05) is 30.3 Å². The van der Waals surface area contributed by atoms with Crippen molar-refractivity contribution in [2.24, 2.45) is 5.92 Å². The van der Waals surface area contributed by atoms with Gasteiger partial charge in [0.15, 0.2) is 0 Å². The van der Waals surface area contributed by atoms with Gasteiger partial charge < -0.3 is 14.8 Å². The second-order valence-electron chi connectivity index (χ2n) is 7.55. The van der Waals surface area contributed by atoms with Crippen LogP contribution in [-0.2, 0) is 17.9 Å². The molecule has 0 bridgehead atoms. The van der Waals surface area contributed by atoms with Crippen molar-refractivity contribution in [3.05, 3.63) is 64.9 Å². The van der Waals surface area contributed by atoms with Crippen LogP contribution < -0.4 is 5.32 Å². The number of nitrogens with zero attached hydrogens (tertiary/aromatic N) is 3. The monoisotopic (exact) mass is 430 g/mol. The van der Waals surface area contributed by atoms with Crippen LogP contribution in [-0.4, -0.2) is 26.9 Å². The molecule has 0 saturated heterocycles. The van der Waals surface area contributed by atoms with Gasteiger partial charge in [0.2, 0.25) is 5.91 Å². The number of fused-ring (bicyclic) bond motifs is 1. The number of benzene rings is 2. The molecular formula is C22H21ClF2N4O. The Bertz CT molecular complexity index is 1100. The summed E-state index contributed by atoms with van der Waals surface area (Å²) in [6, 6.07) is 10.5. The molecule has 8 heteroatoms. The van der Waals surface area contributed by atoms with E-state index in [2.05, 4.69) is 5.32 Å². The van der Waals surface area contributed by atoms with Gasteiger partial charge in [0.25, 0.3) is 0 Å². The first-order chi connectivity index (χ1) is 14.3. The number of halogens is 3. The summed E-state index contributed by atoms with van der Waals surface area (Å²) in [5.41, 5.74) is 1.85. The van der Waals surface area contributed by atoms with Gasteiger partial charge in [-0.2, -0.15) is 0 Å². The number of nitrogens with one attached hydrogen (secondary N) is 1. The van der Waals surface area contributed by atoms with Crippen LogP contribution in [0.5, 0.6) is 0 Å². The van der Waals surface area contributed by atoms with Crippen molar-refractivity contribution in [3.8, 4) is 11.3 Å². The number of aromatic nitrogens is 2. The molecule has 156 valence electrons. The minimum absolute atomic E-state index is 0.0393. The van der Waals surface area contributed by atoms with Gasteiger partial charge >= 0.3 is 0 Å². The summed E-state index contributed by atoms with van der Waals surface area (Å²) >= 11 is 5.80. The molecule has 1 aliphatic heterocycles. The van der Waals surface area contributed by atoms with Crippen molar-refractivity contribution in [2.75, 3.05) is 11.9 Å². The third-order valence-electron chi connectivity index (χ3n) is 5.08. The summed E-state index contributed by atoms with van der Waals surface area (Å²) in [6.45, 7) is 5.21. The normalized spacial score (nSPS) is 13.5. The number of rotatable bonds is 4. The fraction of sp³-hybridized carbons (Fsp3) is 0.273. The third-order valence-corrected chi connectivity index (χ3v) is 5.38. The van der Waals surface area contributed by atoms with Gasteiger partial charge in [-0.3, -0.25) is 4.79 Å². The predicted octanol–water partition coefficient (Wildman–Crippen LogP) is 5.22. The third kappa shape index (κ3) is 3.89. The number of hydrogen-bond donors (Lipinski definition) is 1. The number of carbonyl (C=O) groups is 1. The molecule has 0 fully saturated rings. The molecule has 0 aliphatic carbocycles. The van der Waals surface area contributed by atoms with Gasteiger partial charge in [-0.15, -0.1) is 0 Å². The molecule has 5 nitrogen and oxygen atoms in total. The number of imidazole rings is 1. The quantitative estimate of drug-likeness (QED) is 0.617. The smallest absolute Gasteiger partial charge is 0.225 e. The molecule has 0 spiro atoms. The van der Waals surface area contributed by atoms with Crippen molar-refractivity contribution in [1.82, 2.24) is 14.5 Å². The van der Waals surface area contributed by atoms with Crippen molar-refractivity contribution < 1.29 is 13.6 Å². The second kappa shape index (κ2) is 8.07. The fourth-order valence-electron chi connectivity index (χ4n) is 3.53. The molecule has 2 aromatic carbocycles. The largest absolute Gasteiger partial charge is 0.340 e.